The normalized spacial score (nSPS) is 14.5. The third kappa shape index (κ3) is 2.02. The lowest BCUT2D eigenvalue weighted by Gasteiger charge is -2.10. The standard InChI is InChI=1S/C12H12N2O3S2/c15-8(16)5-14-11(17)9-6-3-1-2-4-7(6)19-10(9)13-12(14)18/h1-5H2,(H,13,18)(H,15,16). The zero-order valence-electron chi connectivity index (χ0n) is 10.1. The molecule has 100 valence electrons. The van der Waals surface area contributed by atoms with Crippen LogP contribution in [0.3, 0.4) is 0 Å². The Balaban J connectivity index is 2.33. The minimum Gasteiger partial charge on any atom is -0.480 e. The van der Waals surface area contributed by atoms with Crippen LogP contribution >= 0.6 is 23.6 Å². The van der Waals surface area contributed by atoms with Crippen molar-refractivity contribution in [2.75, 3.05) is 0 Å². The lowest BCUT2D eigenvalue weighted by atomic mass is 9.97. The van der Waals surface area contributed by atoms with E-state index in [0.29, 0.717) is 5.39 Å². The minimum absolute atomic E-state index is 0.179. The fourth-order valence-corrected chi connectivity index (χ4v) is 4.15. The van der Waals surface area contributed by atoms with Gasteiger partial charge in [-0.15, -0.1) is 11.3 Å². The largest absolute Gasteiger partial charge is 0.480 e. The number of rotatable bonds is 2. The Morgan fingerprint density at radius 2 is 2.16 bits per heavy atom. The molecule has 1 aliphatic carbocycles. The number of carboxylic acids is 1. The summed E-state index contributed by atoms with van der Waals surface area (Å²) in [4.78, 5) is 28.3. The van der Waals surface area contributed by atoms with Gasteiger partial charge in [0.05, 0.1) is 5.39 Å². The van der Waals surface area contributed by atoms with E-state index in [9.17, 15) is 9.59 Å². The van der Waals surface area contributed by atoms with E-state index in [-0.39, 0.29) is 10.3 Å². The van der Waals surface area contributed by atoms with Crippen molar-refractivity contribution in [3.63, 3.8) is 0 Å². The van der Waals surface area contributed by atoms with Gasteiger partial charge in [0.1, 0.15) is 11.4 Å². The van der Waals surface area contributed by atoms with E-state index in [1.165, 1.54) is 4.88 Å². The monoisotopic (exact) mass is 296 g/mol. The van der Waals surface area contributed by atoms with Gasteiger partial charge < -0.3 is 10.1 Å². The molecule has 0 amide bonds. The Morgan fingerprint density at radius 3 is 2.89 bits per heavy atom. The molecule has 0 saturated carbocycles. The van der Waals surface area contributed by atoms with Crippen LogP contribution in [0.5, 0.6) is 0 Å². The molecule has 0 saturated heterocycles. The number of thiophene rings is 1. The molecule has 0 bridgehead atoms. The Kier molecular flexibility index (Phi) is 3.02. The van der Waals surface area contributed by atoms with Gasteiger partial charge in [0.2, 0.25) is 0 Å². The molecule has 0 aromatic carbocycles. The maximum atomic E-state index is 12.4. The highest BCUT2D eigenvalue weighted by Gasteiger charge is 2.20. The zero-order valence-corrected chi connectivity index (χ0v) is 11.7. The summed E-state index contributed by atoms with van der Waals surface area (Å²) >= 11 is 6.65. The molecule has 0 aliphatic heterocycles. The lowest BCUT2D eigenvalue weighted by molar-refractivity contribution is -0.137. The number of H-pyrrole nitrogens is 1. The highest BCUT2D eigenvalue weighted by molar-refractivity contribution is 7.71. The van der Waals surface area contributed by atoms with Gasteiger partial charge in [-0.3, -0.25) is 14.2 Å². The molecule has 0 spiro atoms. The highest BCUT2D eigenvalue weighted by atomic mass is 32.1. The summed E-state index contributed by atoms with van der Waals surface area (Å²) < 4.78 is 1.31. The molecule has 3 rings (SSSR count). The minimum atomic E-state index is -1.06. The molecular formula is C12H12N2O3S2. The molecule has 2 aromatic rings. The molecule has 2 heterocycles. The molecule has 19 heavy (non-hydrogen) atoms. The number of hydrogen-bond donors (Lipinski definition) is 2. The second-order valence-corrected chi connectivity index (χ2v) is 6.12. The summed E-state index contributed by atoms with van der Waals surface area (Å²) in [7, 11) is 0. The first-order valence-corrected chi connectivity index (χ1v) is 7.29. The number of nitrogens with zero attached hydrogens (tertiary/aromatic N) is 1. The number of carbonyl (C=O) groups is 1. The summed E-state index contributed by atoms with van der Waals surface area (Å²) in [6, 6.07) is 0. The molecule has 2 N–H and O–H groups in total. The molecular weight excluding hydrogens is 284 g/mol. The topological polar surface area (TPSA) is 75.1 Å². The summed E-state index contributed by atoms with van der Waals surface area (Å²) in [6.07, 6.45) is 4.10. The quantitative estimate of drug-likeness (QED) is 0.832. The molecule has 0 radical (unpaired) electrons. The first kappa shape index (κ1) is 12.6. The highest BCUT2D eigenvalue weighted by Crippen LogP contribution is 2.33. The smallest absolute Gasteiger partial charge is 0.323 e. The van der Waals surface area contributed by atoms with Crippen molar-refractivity contribution < 1.29 is 9.90 Å². The molecule has 2 aromatic heterocycles. The summed E-state index contributed by atoms with van der Waals surface area (Å²) in [5.41, 5.74) is 0.808. The van der Waals surface area contributed by atoms with Gasteiger partial charge in [-0.2, -0.15) is 0 Å². The van der Waals surface area contributed by atoms with Crippen LogP contribution in [0, 0.1) is 4.77 Å². The number of nitrogens with one attached hydrogen (secondary N) is 1. The van der Waals surface area contributed by atoms with E-state index in [4.69, 9.17) is 17.3 Å². The summed E-state index contributed by atoms with van der Waals surface area (Å²) in [5, 5.41) is 9.49. The van der Waals surface area contributed by atoms with E-state index in [1.807, 2.05) is 0 Å². The van der Waals surface area contributed by atoms with Gasteiger partial charge in [-0.1, -0.05) is 0 Å². The number of aryl methyl sites for hydroxylation is 2. The van der Waals surface area contributed by atoms with Crippen LogP contribution in [-0.2, 0) is 24.2 Å². The van der Waals surface area contributed by atoms with E-state index >= 15 is 0 Å². The predicted molar refractivity (Wildman–Crippen MR) is 75.5 cm³/mol. The van der Waals surface area contributed by atoms with Gasteiger partial charge in [-0.25, -0.2) is 0 Å². The van der Waals surface area contributed by atoms with Crippen LogP contribution in [0.25, 0.3) is 10.2 Å². The van der Waals surface area contributed by atoms with Crippen molar-refractivity contribution in [1.82, 2.24) is 9.55 Å². The van der Waals surface area contributed by atoms with Crippen molar-refractivity contribution in [3.05, 3.63) is 25.6 Å². The third-order valence-electron chi connectivity index (χ3n) is 3.39. The molecule has 0 fully saturated rings. The van der Waals surface area contributed by atoms with Crippen molar-refractivity contribution in [1.29, 1.82) is 0 Å². The van der Waals surface area contributed by atoms with Crippen LogP contribution in [0.4, 0.5) is 0 Å². The van der Waals surface area contributed by atoms with Gasteiger partial charge in [0.25, 0.3) is 5.56 Å². The fraction of sp³-hybridized carbons (Fsp3) is 0.417. The van der Waals surface area contributed by atoms with Gasteiger partial charge in [0.15, 0.2) is 4.77 Å². The van der Waals surface area contributed by atoms with Crippen molar-refractivity contribution in [3.8, 4) is 0 Å². The van der Waals surface area contributed by atoms with Crippen LogP contribution in [0.15, 0.2) is 4.79 Å². The van der Waals surface area contributed by atoms with E-state index in [1.54, 1.807) is 11.3 Å². The van der Waals surface area contributed by atoms with E-state index < -0.39 is 12.5 Å². The molecule has 0 atom stereocenters. The molecule has 5 nitrogen and oxygen atoms in total. The van der Waals surface area contributed by atoms with Gasteiger partial charge >= 0.3 is 5.97 Å². The van der Waals surface area contributed by atoms with E-state index in [0.717, 1.165) is 40.6 Å². The second-order valence-electron chi connectivity index (χ2n) is 4.63. The van der Waals surface area contributed by atoms with Crippen LogP contribution in [0.1, 0.15) is 23.3 Å². The Bertz CT molecular complexity index is 785. The van der Waals surface area contributed by atoms with Crippen molar-refractivity contribution >= 4 is 39.7 Å². The van der Waals surface area contributed by atoms with Gasteiger partial charge in [0, 0.05) is 4.88 Å². The summed E-state index contributed by atoms with van der Waals surface area (Å²) in [5.74, 6) is -1.06. The fourth-order valence-electron chi connectivity index (χ4n) is 2.55. The van der Waals surface area contributed by atoms with E-state index in [2.05, 4.69) is 4.98 Å². The Labute approximate surface area is 117 Å². The SMILES string of the molecule is O=C(O)Cn1c(=S)[nH]c2sc3c(c2c1=O)CCCC3. The second kappa shape index (κ2) is 4.57. The summed E-state index contributed by atoms with van der Waals surface area (Å²) in [6.45, 7) is -0.394. The number of hydrogen-bond acceptors (Lipinski definition) is 4. The van der Waals surface area contributed by atoms with Crippen LogP contribution in [-0.4, -0.2) is 20.6 Å². The van der Waals surface area contributed by atoms with Crippen LogP contribution < -0.4 is 5.56 Å². The Morgan fingerprint density at radius 1 is 1.42 bits per heavy atom. The number of aromatic amines is 1. The average molecular weight is 296 g/mol. The first-order valence-electron chi connectivity index (χ1n) is 6.07. The molecule has 7 heteroatoms. The van der Waals surface area contributed by atoms with Gasteiger partial charge in [-0.05, 0) is 43.5 Å². The average Bonchev–Trinajstić information content (AvgIpc) is 2.72. The lowest BCUT2D eigenvalue weighted by Crippen LogP contribution is -2.26. The third-order valence-corrected chi connectivity index (χ3v) is 4.92. The van der Waals surface area contributed by atoms with Crippen molar-refractivity contribution in [2.24, 2.45) is 0 Å². The van der Waals surface area contributed by atoms with Crippen molar-refractivity contribution in [2.45, 2.75) is 32.2 Å². The molecule has 0 unspecified atom stereocenters. The number of fused-ring (bicyclic) bond motifs is 3. The Hall–Kier alpha value is -1.47. The zero-order chi connectivity index (χ0) is 13.6. The number of carboxylic acid groups (broad SMARTS) is 1. The molecule has 1 aliphatic rings. The maximum absolute atomic E-state index is 12.4. The number of aliphatic carboxylic acids is 1. The first-order chi connectivity index (χ1) is 9.08. The number of aromatic nitrogens is 2. The van der Waals surface area contributed by atoms with Crippen LogP contribution in [0.2, 0.25) is 0 Å². The predicted octanol–water partition coefficient (Wildman–Crippen LogP) is 2.08. The maximum Gasteiger partial charge on any atom is 0.323 e.